The van der Waals surface area contributed by atoms with Crippen LogP contribution in [0.4, 0.5) is 0 Å². The van der Waals surface area contributed by atoms with E-state index in [4.69, 9.17) is 27.9 Å². The summed E-state index contributed by atoms with van der Waals surface area (Å²) >= 11 is 26.9. The first-order valence-corrected chi connectivity index (χ1v) is 33.4. The second-order valence-electron chi connectivity index (χ2n) is 20.0. The summed E-state index contributed by atoms with van der Waals surface area (Å²) in [6.07, 6.45) is 21.2. The normalized spacial score (nSPS) is 12.7. The third-order valence-electron chi connectivity index (χ3n) is 14.3. The van der Waals surface area contributed by atoms with Gasteiger partial charge >= 0.3 is 5.97 Å². The minimum Gasteiger partial charge on any atom is -0.462 e. The van der Waals surface area contributed by atoms with Gasteiger partial charge in [0.1, 0.15) is 0 Å². The SMILES string of the molecule is CCCCCCCCCCOC(=O)c1cc(C)sc1-c1ccc(-c2sc(-c3cc4c(-c5cc(Cl)c(CC(CC)CCCC)s5)c5sc(C)cc5c(-c5cc(Cl)c(CC(CC)CCCC)s5)c4s3)cc2C(C)=O)s1. The van der Waals surface area contributed by atoms with Crippen molar-refractivity contribution in [3.05, 3.63) is 89.2 Å². The van der Waals surface area contributed by atoms with Gasteiger partial charge in [0.25, 0.3) is 0 Å². The Morgan fingerprint density at radius 2 is 1.01 bits per heavy atom. The van der Waals surface area contributed by atoms with E-state index in [9.17, 15) is 9.59 Å². The van der Waals surface area contributed by atoms with Gasteiger partial charge in [0, 0.05) is 85.6 Å². The van der Waals surface area contributed by atoms with Crippen LogP contribution in [0.2, 0.25) is 10.0 Å². The van der Waals surface area contributed by atoms with Crippen LogP contribution >= 0.6 is 103 Å². The van der Waals surface area contributed by atoms with Crippen molar-refractivity contribution in [3.8, 4) is 50.1 Å². The van der Waals surface area contributed by atoms with Gasteiger partial charge in [0.05, 0.1) is 32.0 Å². The Kier molecular flexibility index (Phi) is 20.6. The Bertz CT molecular complexity index is 3010. The molecule has 0 bridgehead atoms. The fourth-order valence-electron chi connectivity index (χ4n) is 10.1. The van der Waals surface area contributed by atoms with E-state index in [1.165, 1.54) is 133 Å². The predicted octanol–water partition coefficient (Wildman–Crippen LogP) is 23.7. The largest absolute Gasteiger partial charge is 0.462 e. The molecule has 0 saturated heterocycles. The molecule has 12 heteroatoms. The highest BCUT2D eigenvalue weighted by atomic mass is 35.5. The molecule has 1 aromatic carbocycles. The molecular weight excluding hydrogens is 1080 g/mol. The van der Waals surface area contributed by atoms with E-state index in [1.807, 2.05) is 51.4 Å². The summed E-state index contributed by atoms with van der Waals surface area (Å²) in [4.78, 5) is 40.7. The molecule has 390 valence electrons. The summed E-state index contributed by atoms with van der Waals surface area (Å²) in [5.41, 5.74) is 3.87. The molecule has 0 aliphatic rings. The Balaban J connectivity index is 1.18. The van der Waals surface area contributed by atoms with E-state index in [0.29, 0.717) is 24.0 Å². The first-order chi connectivity index (χ1) is 35.3. The lowest BCUT2D eigenvalue weighted by Gasteiger charge is -2.13. The van der Waals surface area contributed by atoms with Gasteiger partial charge in [-0.15, -0.1) is 79.4 Å². The topological polar surface area (TPSA) is 43.4 Å². The van der Waals surface area contributed by atoms with E-state index < -0.39 is 0 Å². The molecule has 8 aromatic rings. The molecule has 2 unspecified atom stereocenters. The number of esters is 1. The van der Waals surface area contributed by atoms with Gasteiger partial charge in [0.15, 0.2) is 5.78 Å². The third kappa shape index (κ3) is 13.4. The van der Waals surface area contributed by atoms with Crippen molar-refractivity contribution in [1.82, 2.24) is 0 Å². The number of hydrogen-bond donors (Lipinski definition) is 0. The van der Waals surface area contributed by atoms with Gasteiger partial charge in [0.2, 0.25) is 0 Å². The first-order valence-electron chi connectivity index (χ1n) is 27.0. The molecule has 0 spiro atoms. The number of aryl methyl sites for hydroxylation is 2. The molecule has 0 fully saturated rings. The van der Waals surface area contributed by atoms with Crippen molar-refractivity contribution in [2.45, 2.75) is 171 Å². The second kappa shape index (κ2) is 26.6. The van der Waals surface area contributed by atoms with Crippen LogP contribution in [0.25, 0.3) is 70.3 Å². The lowest BCUT2D eigenvalue weighted by Crippen LogP contribution is -2.06. The zero-order chi connectivity index (χ0) is 51.8. The molecule has 0 N–H and O–H groups in total. The maximum Gasteiger partial charge on any atom is 0.339 e. The fourth-order valence-corrected chi connectivity index (χ4v) is 19.3. The number of unbranched alkanes of at least 4 members (excludes halogenated alkanes) is 9. The number of halogens is 2. The number of ether oxygens (including phenoxy) is 1. The molecule has 0 amide bonds. The zero-order valence-corrected chi connectivity index (χ0v) is 51.3. The molecular formula is C61H72Cl2O3S7. The highest BCUT2D eigenvalue weighted by molar-refractivity contribution is 7.30. The molecule has 7 heterocycles. The summed E-state index contributed by atoms with van der Waals surface area (Å²) in [6.45, 7) is 17.8. The van der Waals surface area contributed by atoms with Crippen LogP contribution in [0.1, 0.15) is 185 Å². The van der Waals surface area contributed by atoms with Crippen molar-refractivity contribution in [3.63, 3.8) is 0 Å². The molecule has 0 saturated carbocycles. The molecule has 3 nitrogen and oxygen atoms in total. The lowest BCUT2D eigenvalue weighted by atomic mass is 9.95. The first kappa shape index (κ1) is 56.6. The maximum absolute atomic E-state index is 13.7. The Labute approximate surface area is 473 Å². The summed E-state index contributed by atoms with van der Waals surface area (Å²) in [7, 11) is 0. The predicted molar refractivity (Wildman–Crippen MR) is 330 cm³/mol. The monoisotopic (exact) mass is 1150 g/mol. The summed E-state index contributed by atoms with van der Waals surface area (Å²) < 4.78 is 8.39. The molecule has 0 aliphatic heterocycles. The van der Waals surface area contributed by atoms with Gasteiger partial charge < -0.3 is 4.74 Å². The molecule has 0 radical (unpaired) electrons. The van der Waals surface area contributed by atoms with Gasteiger partial charge in [-0.2, -0.15) is 0 Å². The standard InChI is InChI=1S/C61H72Cl2O3S7/c1-9-14-17-18-19-20-21-22-27-66-61(65)44-29-37(7)67-58(44)48-26-25-47(69-48)57-41(38(8)64)32-51(72-57)52-33-43-56(54-35-46(63)50(71-54)31-40(13-5)24-16-11-3)59-42(28-36(6)68-59)55(60(43)73-52)53-34-45(62)49(70-53)30-39(12-4)23-15-10-2/h25-26,28-29,32-35,39-40H,9-24,27,30-31H2,1-8H3. The van der Waals surface area contributed by atoms with Gasteiger partial charge in [-0.05, 0) is 100 Å². The van der Waals surface area contributed by atoms with Crippen molar-refractivity contribution in [2.24, 2.45) is 11.8 Å². The Morgan fingerprint density at radius 1 is 0.507 bits per heavy atom. The van der Waals surface area contributed by atoms with Crippen LogP contribution in [0.15, 0.2) is 48.5 Å². The number of thiophene rings is 7. The van der Waals surface area contributed by atoms with E-state index in [-0.39, 0.29) is 11.8 Å². The minimum absolute atomic E-state index is 0.0401. The summed E-state index contributed by atoms with van der Waals surface area (Å²) in [6, 6.07) is 17.6. The van der Waals surface area contributed by atoms with Crippen LogP contribution in [0.3, 0.4) is 0 Å². The third-order valence-corrected chi connectivity index (χ3v) is 23.6. The van der Waals surface area contributed by atoms with E-state index in [0.717, 1.165) is 88.3 Å². The van der Waals surface area contributed by atoms with Crippen LogP contribution in [-0.4, -0.2) is 18.4 Å². The molecule has 73 heavy (non-hydrogen) atoms. The Hall–Kier alpha value is -2.64. The minimum atomic E-state index is -0.255. The van der Waals surface area contributed by atoms with E-state index in [2.05, 4.69) is 90.9 Å². The van der Waals surface area contributed by atoms with Crippen LogP contribution in [-0.2, 0) is 17.6 Å². The smallest absolute Gasteiger partial charge is 0.339 e. The number of ketones is 1. The number of hydrogen-bond acceptors (Lipinski definition) is 10. The fraction of sp³-hybridized carbons (Fsp3) is 0.475. The quantitative estimate of drug-likeness (QED) is 0.0279. The second-order valence-corrected chi connectivity index (χ2v) is 28.8. The zero-order valence-electron chi connectivity index (χ0n) is 44.0. The van der Waals surface area contributed by atoms with E-state index >= 15 is 0 Å². The van der Waals surface area contributed by atoms with Gasteiger partial charge in [-0.3, -0.25) is 4.79 Å². The van der Waals surface area contributed by atoms with Crippen molar-refractivity contribution in [1.29, 1.82) is 0 Å². The number of fused-ring (bicyclic) bond motifs is 2. The average Bonchev–Trinajstić information content (AvgIpc) is 4.25. The summed E-state index contributed by atoms with van der Waals surface area (Å²) in [5.74, 6) is 1.01. The Morgan fingerprint density at radius 3 is 1.58 bits per heavy atom. The molecule has 8 rings (SSSR count). The number of carbonyl (C=O) groups excluding carboxylic acids is 2. The van der Waals surface area contributed by atoms with Crippen molar-refractivity contribution < 1.29 is 14.3 Å². The lowest BCUT2D eigenvalue weighted by molar-refractivity contribution is 0.0499. The van der Waals surface area contributed by atoms with Gasteiger partial charge in [-0.25, -0.2) is 4.79 Å². The van der Waals surface area contributed by atoms with Crippen LogP contribution in [0.5, 0.6) is 0 Å². The van der Waals surface area contributed by atoms with Crippen molar-refractivity contribution >= 4 is 134 Å². The number of carbonyl (C=O) groups is 2. The molecule has 2 atom stereocenters. The summed E-state index contributed by atoms with van der Waals surface area (Å²) in [5, 5.41) is 4.23. The highest BCUT2D eigenvalue weighted by Gasteiger charge is 2.28. The van der Waals surface area contributed by atoms with Crippen LogP contribution in [0, 0.1) is 25.7 Å². The van der Waals surface area contributed by atoms with Crippen LogP contribution < -0.4 is 0 Å². The number of benzene rings is 1. The molecule has 7 aromatic heterocycles. The van der Waals surface area contributed by atoms with E-state index in [1.54, 1.807) is 40.9 Å². The number of Topliss-reactive ketones (excluding diaryl/α,β-unsaturated/α-hetero) is 1. The van der Waals surface area contributed by atoms with Crippen molar-refractivity contribution in [2.75, 3.05) is 6.61 Å². The molecule has 0 aliphatic carbocycles. The average molecular weight is 1150 g/mol. The van der Waals surface area contributed by atoms with Gasteiger partial charge in [-0.1, -0.05) is 154 Å². The maximum atomic E-state index is 13.7. The number of rotatable bonds is 28. The highest BCUT2D eigenvalue weighted by Crippen LogP contribution is 2.56.